The first-order chi connectivity index (χ1) is 8.70. The van der Waals surface area contributed by atoms with Crippen molar-refractivity contribution in [2.75, 3.05) is 32.8 Å². The lowest BCUT2D eigenvalue weighted by atomic mass is 9.79. The Morgan fingerprint density at radius 3 is 1.94 bits per heavy atom. The van der Waals surface area contributed by atoms with Crippen LogP contribution >= 0.6 is 0 Å². The second-order valence-electron chi connectivity index (χ2n) is 5.14. The van der Waals surface area contributed by atoms with E-state index in [4.69, 9.17) is 15.9 Å². The van der Waals surface area contributed by atoms with Gasteiger partial charge in [0.1, 0.15) is 0 Å². The summed E-state index contributed by atoms with van der Waals surface area (Å²) in [6.45, 7) is 0.764. The molecule has 18 heavy (non-hydrogen) atoms. The number of hydrogen-bond donors (Lipinski definition) is 3. The topological polar surface area (TPSA) is 86.8 Å². The molecular formula is C13H26N2O3. The molecule has 0 aromatic rings. The van der Waals surface area contributed by atoms with Crippen LogP contribution in [0, 0.1) is 5.41 Å². The molecular weight excluding hydrogens is 232 g/mol. The Morgan fingerprint density at radius 1 is 1.06 bits per heavy atom. The van der Waals surface area contributed by atoms with Crippen LogP contribution in [0.15, 0.2) is 0 Å². The lowest BCUT2D eigenvalue weighted by Crippen LogP contribution is -2.49. The van der Waals surface area contributed by atoms with Gasteiger partial charge in [0.15, 0.2) is 0 Å². The highest BCUT2D eigenvalue weighted by molar-refractivity contribution is 5.83. The van der Waals surface area contributed by atoms with E-state index in [1.165, 1.54) is 0 Å². The lowest BCUT2D eigenvalue weighted by molar-refractivity contribution is -0.143. The highest BCUT2D eigenvalue weighted by Crippen LogP contribution is 2.35. The monoisotopic (exact) mass is 258 g/mol. The molecule has 0 radical (unpaired) electrons. The first kappa shape index (κ1) is 15.4. The summed E-state index contributed by atoms with van der Waals surface area (Å²) < 4.78 is 0. The molecule has 1 amide bonds. The summed E-state index contributed by atoms with van der Waals surface area (Å²) in [5.74, 6) is 0.00926. The van der Waals surface area contributed by atoms with Crippen LogP contribution in [0.25, 0.3) is 0 Å². The molecule has 0 heterocycles. The van der Waals surface area contributed by atoms with Gasteiger partial charge < -0.3 is 20.8 Å². The van der Waals surface area contributed by atoms with Crippen molar-refractivity contribution >= 4 is 5.91 Å². The first-order valence-electron chi connectivity index (χ1n) is 6.91. The highest BCUT2D eigenvalue weighted by atomic mass is 16.3. The molecule has 1 saturated carbocycles. The lowest BCUT2D eigenvalue weighted by Gasteiger charge is -2.35. The number of aliphatic hydroxyl groups excluding tert-OH is 2. The normalized spacial score (nSPS) is 19.3. The summed E-state index contributed by atoms with van der Waals surface area (Å²) in [6.07, 6.45) is 6.06. The maximum atomic E-state index is 12.6. The number of nitrogens with two attached hydrogens (primary N) is 1. The summed E-state index contributed by atoms with van der Waals surface area (Å²) in [6, 6.07) is 0. The largest absolute Gasteiger partial charge is 0.395 e. The molecule has 1 aliphatic carbocycles. The summed E-state index contributed by atoms with van der Waals surface area (Å²) in [4.78, 5) is 14.2. The third-order valence-electron chi connectivity index (χ3n) is 3.93. The van der Waals surface area contributed by atoms with Crippen LogP contribution in [-0.4, -0.2) is 53.9 Å². The van der Waals surface area contributed by atoms with Crippen LogP contribution < -0.4 is 5.73 Å². The molecule has 0 aliphatic heterocycles. The van der Waals surface area contributed by atoms with Crippen molar-refractivity contribution in [2.45, 2.75) is 38.5 Å². The second-order valence-corrected chi connectivity index (χ2v) is 5.14. The zero-order valence-electron chi connectivity index (χ0n) is 11.1. The molecule has 0 bridgehead atoms. The zero-order chi connectivity index (χ0) is 13.4. The molecule has 5 heteroatoms. The van der Waals surface area contributed by atoms with Crippen LogP contribution in [0.3, 0.4) is 0 Å². The van der Waals surface area contributed by atoms with Crippen molar-refractivity contribution < 1.29 is 15.0 Å². The molecule has 0 atom stereocenters. The van der Waals surface area contributed by atoms with E-state index in [2.05, 4.69) is 0 Å². The van der Waals surface area contributed by atoms with E-state index in [-0.39, 0.29) is 32.2 Å². The Balaban J connectivity index is 2.79. The summed E-state index contributed by atoms with van der Waals surface area (Å²) in [5.41, 5.74) is 5.39. The van der Waals surface area contributed by atoms with Crippen molar-refractivity contribution in [1.82, 2.24) is 4.90 Å². The second kappa shape index (κ2) is 7.71. The number of nitrogens with zero attached hydrogens (tertiary/aromatic N) is 1. The van der Waals surface area contributed by atoms with Gasteiger partial charge in [-0.05, 0) is 12.8 Å². The number of aliphatic hydroxyl groups is 2. The SMILES string of the molecule is NCC1(C(=O)N(CCO)CCO)CCCCCC1. The number of rotatable bonds is 6. The fourth-order valence-electron chi connectivity index (χ4n) is 2.80. The van der Waals surface area contributed by atoms with Gasteiger partial charge in [0.05, 0.1) is 18.6 Å². The predicted octanol–water partition coefficient (Wildman–Crippen LogP) is 0.0989. The van der Waals surface area contributed by atoms with Gasteiger partial charge in [-0.15, -0.1) is 0 Å². The van der Waals surface area contributed by atoms with Gasteiger partial charge in [-0.1, -0.05) is 25.7 Å². The Hall–Kier alpha value is -0.650. The Bertz CT molecular complexity index is 245. The molecule has 106 valence electrons. The molecule has 1 aliphatic rings. The summed E-state index contributed by atoms with van der Waals surface area (Å²) in [5, 5.41) is 18.0. The number of carbonyl (C=O) groups excluding carboxylic acids is 1. The molecule has 0 unspecified atom stereocenters. The number of amides is 1. The minimum absolute atomic E-state index is 0.00926. The van der Waals surface area contributed by atoms with Gasteiger partial charge in [-0.25, -0.2) is 0 Å². The van der Waals surface area contributed by atoms with Crippen molar-refractivity contribution in [3.63, 3.8) is 0 Å². The van der Waals surface area contributed by atoms with Crippen LogP contribution in [0.1, 0.15) is 38.5 Å². The van der Waals surface area contributed by atoms with Crippen molar-refractivity contribution in [3.8, 4) is 0 Å². The molecule has 0 aromatic heterocycles. The van der Waals surface area contributed by atoms with Crippen molar-refractivity contribution in [3.05, 3.63) is 0 Å². The zero-order valence-corrected chi connectivity index (χ0v) is 11.1. The van der Waals surface area contributed by atoms with E-state index in [0.29, 0.717) is 6.54 Å². The van der Waals surface area contributed by atoms with Crippen LogP contribution in [-0.2, 0) is 4.79 Å². The third kappa shape index (κ3) is 3.67. The van der Waals surface area contributed by atoms with Gasteiger partial charge in [0.2, 0.25) is 5.91 Å². The Morgan fingerprint density at radius 2 is 1.56 bits per heavy atom. The molecule has 5 nitrogen and oxygen atoms in total. The van der Waals surface area contributed by atoms with Gasteiger partial charge in [-0.2, -0.15) is 0 Å². The fourth-order valence-corrected chi connectivity index (χ4v) is 2.80. The van der Waals surface area contributed by atoms with Crippen LogP contribution in [0.4, 0.5) is 0 Å². The van der Waals surface area contributed by atoms with E-state index in [9.17, 15) is 4.79 Å². The van der Waals surface area contributed by atoms with Crippen LogP contribution in [0.5, 0.6) is 0 Å². The van der Waals surface area contributed by atoms with Crippen LogP contribution in [0.2, 0.25) is 0 Å². The van der Waals surface area contributed by atoms with Gasteiger partial charge in [0, 0.05) is 19.6 Å². The first-order valence-corrected chi connectivity index (χ1v) is 6.91. The van der Waals surface area contributed by atoms with E-state index in [0.717, 1.165) is 38.5 Å². The minimum atomic E-state index is -0.471. The standard InChI is InChI=1S/C13H26N2O3/c14-11-13(5-3-1-2-4-6-13)12(18)15(7-9-16)8-10-17/h16-17H,1-11,14H2. The van der Waals surface area contributed by atoms with Gasteiger partial charge >= 0.3 is 0 Å². The average molecular weight is 258 g/mol. The molecule has 0 saturated heterocycles. The quantitative estimate of drug-likeness (QED) is 0.590. The summed E-state index contributed by atoms with van der Waals surface area (Å²) >= 11 is 0. The summed E-state index contributed by atoms with van der Waals surface area (Å²) in [7, 11) is 0. The van der Waals surface area contributed by atoms with Gasteiger partial charge in [0.25, 0.3) is 0 Å². The van der Waals surface area contributed by atoms with E-state index < -0.39 is 5.41 Å². The molecule has 0 aromatic carbocycles. The minimum Gasteiger partial charge on any atom is -0.395 e. The highest BCUT2D eigenvalue weighted by Gasteiger charge is 2.39. The Labute approximate surface area is 109 Å². The maximum Gasteiger partial charge on any atom is 0.230 e. The third-order valence-corrected chi connectivity index (χ3v) is 3.93. The average Bonchev–Trinajstić information content (AvgIpc) is 2.64. The van der Waals surface area contributed by atoms with E-state index >= 15 is 0 Å². The van der Waals surface area contributed by atoms with Crippen molar-refractivity contribution in [2.24, 2.45) is 11.1 Å². The van der Waals surface area contributed by atoms with E-state index in [1.807, 2.05) is 0 Å². The number of carbonyl (C=O) groups is 1. The predicted molar refractivity (Wildman–Crippen MR) is 69.9 cm³/mol. The van der Waals surface area contributed by atoms with E-state index in [1.54, 1.807) is 4.90 Å². The van der Waals surface area contributed by atoms with Gasteiger partial charge in [-0.3, -0.25) is 4.79 Å². The maximum absolute atomic E-state index is 12.6. The fraction of sp³-hybridized carbons (Fsp3) is 0.923. The molecule has 1 fully saturated rings. The Kier molecular flexibility index (Phi) is 6.60. The molecule has 4 N–H and O–H groups in total. The smallest absolute Gasteiger partial charge is 0.230 e. The van der Waals surface area contributed by atoms with Crippen molar-refractivity contribution in [1.29, 1.82) is 0 Å². The number of hydrogen-bond acceptors (Lipinski definition) is 4. The molecule has 1 rings (SSSR count). The molecule has 0 spiro atoms.